The van der Waals surface area contributed by atoms with Crippen LogP contribution in [0.4, 0.5) is 11.6 Å². The molecule has 190 valence electrons. The average molecular weight is 529 g/mol. The van der Waals surface area contributed by atoms with Gasteiger partial charge in [0, 0.05) is 35.7 Å². The molecule has 1 aromatic heterocycles. The molecule has 2 aromatic rings. The Labute approximate surface area is 221 Å². The van der Waals surface area contributed by atoms with Gasteiger partial charge in [-0.15, -0.1) is 0 Å². The molecule has 5 rings (SSSR count). The zero-order valence-corrected chi connectivity index (χ0v) is 21.7. The van der Waals surface area contributed by atoms with Crippen LogP contribution in [0.1, 0.15) is 49.9 Å². The number of piperidine rings is 1. The Morgan fingerprint density at radius 1 is 1.25 bits per heavy atom. The van der Waals surface area contributed by atoms with Gasteiger partial charge in [-0.25, -0.2) is 9.97 Å². The molecule has 2 N–H and O–H groups in total. The fourth-order valence-corrected chi connectivity index (χ4v) is 6.26. The van der Waals surface area contributed by atoms with Gasteiger partial charge in [0.15, 0.2) is 11.5 Å². The van der Waals surface area contributed by atoms with Gasteiger partial charge < -0.3 is 20.2 Å². The third kappa shape index (κ3) is 5.10. The van der Waals surface area contributed by atoms with E-state index < -0.39 is 5.97 Å². The second-order valence-corrected chi connectivity index (χ2v) is 11.1. The van der Waals surface area contributed by atoms with Crippen molar-refractivity contribution in [2.45, 2.75) is 44.7 Å². The Bertz CT molecular complexity index is 1180. The van der Waals surface area contributed by atoms with Gasteiger partial charge in [-0.05, 0) is 68.7 Å². The van der Waals surface area contributed by atoms with E-state index in [4.69, 9.17) is 28.2 Å². The zero-order chi connectivity index (χ0) is 25.4. The second-order valence-electron chi connectivity index (χ2n) is 10.3. The van der Waals surface area contributed by atoms with Crippen molar-refractivity contribution in [1.29, 1.82) is 5.26 Å². The van der Waals surface area contributed by atoms with Crippen molar-refractivity contribution in [3.05, 3.63) is 45.7 Å². The largest absolute Gasteiger partial charge is 0.481 e. The number of carbonyl (C=O) groups is 1. The van der Waals surface area contributed by atoms with Gasteiger partial charge in [0.2, 0.25) is 0 Å². The molecule has 3 heterocycles. The van der Waals surface area contributed by atoms with Gasteiger partial charge in [0.25, 0.3) is 0 Å². The highest BCUT2D eigenvalue weighted by molar-refractivity contribution is 6.35. The van der Waals surface area contributed by atoms with Crippen molar-refractivity contribution in [2.24, 2.45) is 17.8 Å². The lowest BCUT2D eigenvalue weighted by Gasteiger charge is -2.50. The van der Waals surface area contributed by atoms with E-state index in [0.29, 0.717) is 33.7 Å². The number of aliphatic carboxylic acids is 1. The molecule has 10 heteroatoms. The minimum atomic E-state index is -0.655. The van der Waals surface area contributed by atoms with Gasteiger partial charge in [0.1, 0.15) is 11.9 Å². The molecule has 3 fully saturated rings. The molecular formula is C26H30Cl2N6O2. The molecule has 36 heavy (non-hydrogen) atoms. The monoisotopic (exact) mass is 528 g/mol. The van der Waals surface area contributed by atoms with Crippen LogP contribution >= 0.6 is 23.2 Å². The topological polar surface area (TPSA) is 105 Å². The number of nitriles is 1. The van der Waals surface area contributed by atoms with E-state index in [9.17, 15) is 15.2 Å². The van der Waals surface area contributed by atoms with Crippen LogP contribution in [0, 0.1) is 29.1 Å². The summed E-state index contributed by atoms with van der Waals surface area (Å²) >= 11 is 12.4. The molecule has 0 amide bonds. The number of halogens is 2. The van der Waals surface area contributed by atoms with Crippen molar-refractivity contribution in [2.75, 3.05) is 36.4 Å². The maximum atomic E-state index is 11.2. The minimum absolute atomic E-state index is 0.161. The van der Waals surface area contributed by atoms with E-state index in [1.165, 1.54) is 12.8 Å². The van der Waals surface area contributed by atoms with Crippen LogP contribution in [0.3, 0.4) is 0 Å². The summed E-state index contributed by atoms with van der Waals surface area (Å²) in [6.07, 6.45) is 5.64. The van der Waals surface area contributed by atoms with Crippen LogP contribution in [-0.4, -0.2) is 58.2 Å². The van der Waals surface area contributed by atoms with E-state index in [1.807, 2.05) is 13.0 Å². The fraction of sp³-hybridized carbons (Fsp3) is 0.538. The Morgan fingerprint density at radius 2 is 2.03 bits per heavy atom. The van der Waals surface area contributed by atoms with Crippen LogP contribution < -0.4 is 10.2 Å². The van der Waals surface area contributed by atoms with Crippen LogP contribution in [0.25, 0.3) is 0 Å². The smallest absolute Gasteiger partial charge is 0.306 e. The summed E-state index contributed by atoms with van der Waals surface area (Å²) in [6.45, 7) is 5.93. The van der Waals surface area contributed by atoms with Gasteiger partial charge >= 0.3 is 5.97 Å². The third-order valence-electron chi connectivity index (χ3n) is 8.02. The van der Waals surface area contributed by atoms with E-state index in [1.54, 1.807) is 18.3 Å². The van der Waals surface area contributed by atoms with Crippen molar-refractivity contribution in [3.63, 3.8) is 0 Å². The van der Waals surface area contributed by atoms with E-state index >= 15 is 0 Å². The highest BCUT2D eigenvalue weighted by Gasteiger charge is 2.42. The van der Waals surface area contributed by atoms with Gasteiger partial charge in [-0.2, -0.15) is 5.26 Å². The SMILES string of the molecule is CC(Nc1nc(N2CC(C3CCCN(C4CC(C(=O)O)C4)C3)C2)cnc1C#N)c1ccc(Cl)cc1Cl. The summed E-state index contributed by atoms with van der Waals surface area (Å²) in [7, 11) is 0. The van der Waals surface area contributed by atoms with Gasteiger partial charge in [-0.1, -0.05) is 29.3 Å². The first kappa shape index (κ1) is 25.1. The molecule has 0 radical (unpaired) electrons. The molecule has 2 saturated heterocycles. The molecule has 1 saturated carbocycles. The van der Waals surface area contributed by atoms with Crippen molar-refractivity contribution in [1.82, 2.24) is 14.9 Å². The molecule has 3 aliphatic rings. The van der Waals surface area contributed by atoms with Crippen molar-refractivity contribution < 1.29 is 9.90 Å². The first-order valence-corrected chi connectivity index (χ1v) is 13.3. The summed E-state index contributed by atoms with van der Waals surface area (Å²) in [4.78, 5) is 25.0. The number of benzene rings is 1. The maximum absolute atomic E-state index is 11.2. The first-order valence-electron chi connectivity index (χ1n) is 12.5. The normalized spacial score (nSPS) is 25.4. The van der Waals surface area contributed by atoms with E-state index in [2.05, 4.69) is 26.2 Å². The Balaban J connectivity index is 1.20. The number of nitrogens with one attached hydrogen (secondary N) is 1. The quantitative estimate of drug-likeness (QED) is 0.525. The number of rotatable bonds is 7. The number of nitrogens with zero attached hydrogens (tertiary/aromatic N) is 5. The summed E-state index contributed by atoms with van der Waals surface area (Å²) in [5.41, 5.74) is 1.11. The molecule has 2 aliphatic heterocycles. The van der Waals surface area contributed by atoms with Gasteiger partial charge in [0.05, 0.1) is 18.2 Å². The minimum Gasteiger partial charge on any atom is -0.481 e. The van der Waals surface area contributed by atoms with Crippen LogP contribution in [0.15, 0.2) is 24.4 Å². The summed E-state index contributed by atoms with van der Waals surface area (Å²) < 4.78 is 0. The molecular weight excluding hydrogens is 499 g/mol. The summed E-state index contributed by atoms with van der Waals surface area (Å²) in [5.74, 6) is 1.60. The highest BCUT2D eigenvalue weighted by Crippen LogP contribution is 2.38. The standard InChI is InChI=1S/C26H30Cl2N6O2/c1-15(21-5-4-19(27)9-22(21)28)31-25-23(10-29)30-11-24(32-25)34-13-18(14-34)16-3-2-6-33(12-16)20-7-17(8-20)26(35)36/h4-5,9,11,15-18,20H,2-3,6-8,12-14H2,1H3,(H,31,32)(H,35,36). The Morgan fingerprint density at radius 3 is 2.72 bits per heavy atom. The fourth-order valence-electron chi connectivity index (χ4n) is 5.69. The van der Waals surface area contributed by atoms with Crippen molar-refractivity contribution in [3.8, 4) is 6.07 Å². The van der Waals surface area contributed by atoms with Gasteiger partial charge in [-0.3, -0.25) is 4.79 Å². The first-order chi connectivity index (χ1) is 17.3. The number of carboxylic acid groups (broad SMARTS) is 1. The number of likely N-dealkylation sites (tertiary alicyclic amines) is 1. The molecule has 0 spiro atoms. The van der Waals surface area contributed by atoms with E-state index in [-0.39, 0.29) is 17.7 Å². The Hall–Kier alpha value is -2.60. The number of aromatic nitrogens is 2. The number of anilines is 2. The lowest BCUT2D eigenvalue weighted by atomic mass is 9.76. The zero-order valence-electron chi connectivity index (χ0n) is 20.2. The Kier molecular flexibility index (Phi) is 7.25. The predicted molar refractivity (Wildman–Crippen MR) is 139 cm³/mol. The number of carboxylic acids is 1. The van der Waals surface area contributed by atoms with Crippen LogP contribution in [-0.2, 0) is 4.79 Å². The molecule has 1 aromatic carbocycles. The summed E-state index contributed by atoms with van der Waals surface area (Å²) in [6, 6.07) is 7.72. The molecule has 1 aliphatic carbocycles. The molecule has 0 bridgehead atoms. The predicted octanol–water partition coefficient (Wildman–Crippen LogP) is 4.84. The number of hydrogen-bond acceptors (Lipinski definition) is 7. The molecule has 2 atom stereocenters. The van der Waals surface area contributed by atoms with Crippen LogP contribution in [0.5, 0.6) is 0 Å². The molecule has 2 unspecified atom stereocenters. The lowest BCUT2D eigenvalue weighted by Crippen LogP contribution is -2.56. The van der Waals surface area contributed by atoms with E-state index in [0.717, 1.165) is 50.4 Å². The van der Waals surface area contributed by atoms with Crippen molar-refractivity contribution >= 4 is 40.8 Å². The third-order valence-corrected chi connectivity index (χ3v) is 8.58. The lowest BCUT2D eigenvalue weighted by molar-refractivity contribution is -0.147. The maximum Gasteiger partial charge on any atom is 0.306 e. The molecule has 8 nitrogen and oxygen atoms in total. The number of hydrogen-bond donors (Lipinski definition) is 2. The van der Waals surface area contributed by atoms with Crippen LogP contribution in [0.2, 0.25) is 10.0 Å². The summed E-state index contributed by atoms with van der Waals surface area (Å²) in [5, 5.41) is 23.2. The highest BCUT2D eigenvalue weighted by atomic mass is 35.5. The average Bonchev–Trinajstić information content (AvgIpc) is 2.77. The second kappa shape index (κ2) is 10.4.